The summed E-state index contributed by atoms with van der Waals surface area (Å²) in [6, 6.07) is 7.01. The Balaban J connectivity index is 2.95. The van der Waals surface area contributed by atoms with Crippen molar-refractivity contribution in [3.63, 3.8) is 0 Å². The number of aromatic hydroxyl groups is 2. The maximum absolute atomic E-state index is 12.6. The lowest BCUT2D eigenvalue weighted by molar-refractivity contribution is 0.0670. The molecule has 0 saturated heterocycles. The van der Waals surface area contributed by atoms with Gasteiger partial charge < -0.3 is 20.4 Å². The molecule has 0 atom stereocenters. The van der Waals surface area contributed by atoms with Gasteiger partial charge in [-0.1, -0.05) is 18.2 Å². The first-order valence-corrected chi connectivity index (χ1v) is 7.52. The first kappa shape index (κ1) is 16.3. The van der Waals surface area contributed by atoms with Gasteiger partial charge in [-0.2, -0.15) is 0 Å². The number of hydrogen-bond donors (Lipinski definition) is 4. The first-order valence-electron chi connectivity index (χ1n) is 6.03. The Morgan fingerprint density at radius 2 is 1.48 bits per heavy atom. The van der Waals surface area contributed by atoms with Crippen LogP contribution in [0.4, 0.5) is 0 Å². The molecule has 0 aliphatic rings. The van der Waals surface area contributed by atoms with Gasteiger partial charge in [0.05, 0.1) is 4.90 Å². The van der Waals surface area contributed by atoms with Crippen LogP contribution in [0.2, 0.25) is 0 Å². The number of sulfone groups is 1. The SMILES string of the molecule is O=C(O)c1cc(O)c(C(=O)O)c(S(=O)(=O)c2ccccc2)c1O. The lowest BCUT2D eigenvalue weighted by Crippen LogP contribution is -2.13. The average molecular weight is 338 g/mol. The topological polar surface area (TPSA) is 149 Å². The summed E-state index contributed by atoms with van der Waals surface area (Å²) in [5.74, 6) is -5.89. The maximum Gasteiger partial charge on any atom is 0.340 e. The molecule has 8 nitrogen and oxygen atoms in total. The van der Waals surface area contributed by atoms with E-state index in [4.69, 9.17) is 10.2 Å². The second kappa shape index (κ2) is 5.61. The number of hydrogen-bond acceptors (Lipinski definition) is 6. The van der Waals surface area contributed by atoms with Crippen molar-refractivity contribution in [2.45, 2.75) is 9.79 Å². The van der Waals surface area contributed by atoms with E-state index in [0.717, 1.165) is 12.1 Å². The number of aromatic carboxylic acids is 2. The molecular weight excluding hydrogens is 328 g/mol. The third kappa shape index (κ3) is 2.69. The molecule has 0 radical (unpaired) electrons. The minimum atomic E-state index is -4.58. The zero-order chi connectivity index (χ0) is 17.4. The molecule has 0 fully saturated rings. The van der Waals surface area contributed by atoms with E-state index in [0.29, 0.717) is 6.07 Å². The standard InChI is InChI=1S/C14H10O8S/c15-9-6-8(13(17)18)11(16)12(10(9)14(19)20)23(21,22)7-4-2-1-3-5-7/h1-6,15-16H,(H,17,18)(H,19,20). The van der Waals surface area contributed by atoms with E-state index in [-0.39, 0.29) is 4.90 Å². The highest BCUT2D eigenvalue weighted by molar-refractivity contribution is 7.91. The Hall–Kier alpha value is -3.07. The number of phenols is 2. The van der Waals surface area contributed by atoms with Crippen molar-refractivity contribution in [2.75, 3.05) is 0 Å². The molecule has 0 heterocycles. The molecule has 0 unspecified atom stereocenters. The van der Waals surface area contributed by atoms with Crippen molar-refractivity contribution in [1.82, 2.24) is 0 Å². The van der Waals surface area contributed by atoms with Gasteiger partial charge in [0.25, 0.3) is 0 Å². The van der Waals surface area contributed by atoms with Crippen molar-refractivity contribution in [1.29, 1.82) is 0 Å². The van der Waals surface area contributed by atoms with E-state index in [1.807, 2.05) is 0 Å². The van der Waals surface area contributed by atoms with Crippen molar-refractivity contribution in [2.24, 2.45) is 0 Å². The van der Waals surface area contributed by atoms with Crippen LogP contribution < -0.4 is 0 Å². The minimum absolute atomic E-state index is 0.361. The second-order valence-electron chi connectivity index (χ2n) is 4.42. The second-order valence-corrected chi connectivity index (χ2v) is 6.31. The van der Waals surface area contributed by atoms with E-state index in [1.165, 1.54) is 18.2 Å². The first-order chi connectivity index (χ1) is 10.7. The van der Waals surface area contributed by atoms with Crippen LogP contribution in [-0.4, -0.2) is 40.8 Å². The summed E-state index contributed by atoms with van der Waals surface area (Å²) in [6.45, 7) is 0. The summed E-state index contributed by atoms with van der Waals surface area (Å²) >= 11 is 0. The molecule has 0 bridgehead atoms. The molecule has 2 rings (SSSR count). The fourth-order valence-electron chi connectivity index (χ4n) is 1.98. The van der Waals surface area contributed by atoms with Gasteiger partial charge in [0.1, 0.15) is 27.5 Å². The zero-order valence-corrected chi connectivity index (χ0v) is 12.1. The molecule has 23 heavy (non-hydrogen) atoms. The molecule has 0 spiro atoms. The summed E-state index contributed by atoms with van der Waals surface area (Å²) in [7, 11) is -4.58. The van der Waals surface area contributed by atoms with Crippen molar-refractivity contribution in [3.8, 4) is 11.5 Å². The Kier molecular flexibility index (Phi) is 3.98. The van der Waals surface area contributed by atoms with Crippen LogP contribution in [0.1, 0.15) is 20.7 Å². The number of carbonyl (C=O) groups is 2. The highest BCUT2D eigenvalue weighted by Gasteiger charge is 2.34. The van der Waals surface area contributed by atoms with Gasteiger partial charge in [-0.3, -0.25) is 0 Å². The van der Waals surface area contributed by atoms with Gasteiger partial charge in [0.2, 0.25) is 9.84 Å². The Morgan fingerprint density at radius 3 is 1.96 bits per heavy atom. The Morgan fingerprint density at radius 1 is 0.913 bits per heavy atom. The molecule has 120 valence electrons. The lowest BCUT2D eigenvalue weighted by Gasteiger charge is -2.13. The molecule has 0 aliphatic carbocycles. The van der Waals surface area contributed by atoms with Crippen LogP contribution in [0, 0.1) is 0 Å². The number of carboxylic acids is 2. The largest absolute Gasteiger partial charge is 0.507 e. The third-order valence-corrected chi connectivity index (χ3v) is 4.83. The van der Waals surface area contributed by atoms with Gasteiger partial charge in [0.15, 0.2) is 0 Å². The number of carboxylic acid groups (broad SMARTS) is 2. The van der Waals surface area contributed by atoms with Gasteiger partial charge in [-0.25, -0.2) is 18.0 Å². The smallest absolute Gasteiger partial charge is 0.340 e. The van der Waals surface area contributed by atoms with Crippen LogP contribution >= 0.6 is 0 Å². The molecule has 9 heteroatoms. The van der Waals surface area contributed by atoms with Crippen LogP contribution in [0.25, 0.3) is 0 Å². The van der Waals surface area contributed by atoms with E-state index in [1.54, 1.807) is 0 Å². The van der Waals surface area contributed by atoms with Gasteiger partial charge in [0, 0.05) is 0 Å². The van der Waals surface area contributed by atoms with Crippen LogP contribution in [0.5, 0.6) is 11.5 Å². The molecule has 0 saturated carbocycles. The molecule has 4 N–H and O–H groups in total. The molecule has 0 aliphatic heterocycles. The Bertz CT molecular complexity index is 900. The summed E-state index contributed by atoms with van der Waals surface area (Å²) in [5, 5.41) is 37.8. The lowest BCUT2D eigenvalue weighted by atomic mass is 10.1. The van der Waals surface area contributed by atoms with Crippen LogP contribution in [0.15, 0.2) is 46.2 Å². The molecule has 0 amide bonds. The maximum atomic E-state index is 12.6. The summed E-state index contributed by atoms with van der Waals surface area (Å²) in [5.41, 5.74) is -2.03. The minimum Gasteiger partial charge on any atom is -0.507 e. The van der Waals surface area contributed by atoms with Gasteiger partial charge in [-0.15, -0.1) is 0 Å². The molecular formula is C14H10O8S. The fourth-order valence-corrected chi connectivity index (χ4v) is 3.56. The van der Waals surface area contributed by atoms with E-state index >= 15 is 0 Å². The predicted molar refractivity (Wildman–Crippen MR) is 75.6 cm³/mol. The normalized spacial score (nSPS) is 11.1. The predicted octanol–water partition coefficient (Wildman–Crippen LogP) is 1.33. The monoisotopic (exact) mass is 338 g/mol. The van der Waals surface area contributed by atoms with Gasteiger partial charge >= 0.3 is 11.9 Å². The van der Waals surface area contributed by atoms with Gasteiger partial charge in [-0.05, 0) is 18.2 Å². The molecule has 0 aromatic heterocycles. The van der Waals surface area contributed by atoms with Crippen molar-refractivity contribution >= 4 is 21.8 Å². The summed E-state index contributed by atoms with van der Waals surface area (Å²) in [6.07, 6.45) is 0. The van der Waals surface area contributed by atoms with Crippen molar-refractivity contribution < 1.29 is 38.4 Å². The average Bonchev–Trinajstić information content (AvgIpc) is 2.48. The number of rotatable bonds is 4. The van der Waals surface area contributed by atoms with Crippen LogP contribution in [0.3, 0.4) is 0 Å². The zero-order valence-electron chi connectivity index (χ0n) is 11.3. The highest BCUT2D eigenvalue weighted by Crippen LogP contribution is 2.39. The third-order valence-electron chi connectivity index (χ3n) is 3.00. The van der Waals surface area contributed by atoms with Crippen molar-refractivity contribution in [3.05, 3.63) is 47.5 Å². The highest BCUT2D eigenvalue weighted by atomic mass is 32.2. The molecule has 2 aromatic rings. The molecule has 2 aromatic carbocycles. The van der Waals surface area contributed by atoms with E-state index in [2.05, 4.69) is 0 Å². The van der Waals surface area contributed by atoms with Crippen LogP contribution in [-0.2, 0) is 9.84 Å². The van der Waals surface area contributed by atoms with E-state index in [9.17, 15) is 28.2 Å². The quantitative estimate of drug-likeness (QED) is 0.610. The fraction of sp³-hybridized carbons (Fsp3) is 0. The summed E-state index contributed by atoms with van der Waals surface area (Å²) < 4.78 is 25.2. The van der Waals surface area contributed by atoms with E-state index < -0.39 is 49.3 Å². The Labute approximate surface area is 129 Å². The number of benzene rings is 2. The summed E-state index contributed by atoms with van der Waals surface area (Å²) in [4.78, 5) is 20.8.